The molecule has 1 aromatic carbocycles. The minimum atomic E-state index is 0.158. The first-order valence-electron chi connectivity index (χ1n) is 6.20. The molecule has 1 rings (SSSR count). The summed E-state index contributed by atoms with van der Waals surface area (Å²) >= 11 is 3.49. The summed E-state index contributed by atoms with van der Waals surface area (Å²) in [6.45, 7) is 3.96. The monoisotopic (exact) mass is 313 g/mol. The maximum Gasteiger partial charge on any atom is 0.222 e. The van der Waals surface area contributed by atoms with Gasteiger partial charge in [0.2, 0.25) is 5.91 Å². The van der Waals surface area contributed by atoms with Crippen LogP contribution in [0.15, 0.2) is 28.7 Å². The van der Waals surface area contributed by atoms with E-state index < -0.39 is 0 Å². The Morgan fingerprint density at radius 3 is 2.78 bits per heavy atom. The Kier molecular flexibility index (Phi) is 6.98. The summed E-state index contributed by atoms with van der Waals surface area (Å²) in [4.78, 5) is 13.6. The molecular weight excluding hydrogens is 294 g/mol. The van der Waals surface area contributed by atoms with Gasteiger partial charge < -0.3 is 9.64 Å². The molecule has 0 aliphatic heterocycles. The van der Waals surface area contributed by atoms with E-state index in [-0.39, 0.29) is 5.91 Å². The lowest BCUT2D eigenvalue weighted by Crippen LogP contribution is -2.26. The van der Waals surface area contributed by atoms with Crippen molar-refractivity contribution in [1.82, 2.24) is 4.90 Å². The molecule has 0 saturated heterocycles. The van der Waals surface area contributed by atoms with E-state index in [9.17, 15) is 4.79 Å². The van der Waals surface area contributed by atoms with Gasteiger partial charge in [0.25, 0.3) is 0 Å². The van der Waals surface area contributed by atoms with Crippen LogP contribution in [0.3, 0.4) is 0 Å². The van der Waals surface area contributed by atoms with E-state index >= 15 is 0 Å². The molecule has 0 aliphatic rings. The standard InChI is InChI=1S/C14H20BrNO2/c1-3-18-10-6-9-14(17)16(2)11-12-7-4-5-8-13(12)15/h4-5,7-8H,3,6,9-11H2,1-2H3. The first-order chi connectivity index (χ1) is 8.65. The average molecular weight is 314 g/mol. The van der Waals surface area contributed by atoms with Crippen LogP contribution in [0.4, 0.5) is 0 Å². The molecule has 0 radical (unpaired) electrons. The molecule has 18 heavy (non-hydrogen) atoms. The SMILES string of the molecule is CCOCCCC(=O)N(C)Cc1ccccc1Br. The van der Waals surface area contributed by atoms with Crippen LogP contribution < -0.4 is 0 Å². The molecule has 1 amide bonds. The second-order valence-electron chi connectivity index (χ2n) is 4.14. The average Bonchev–Trinajstić information content (AvgIpc) is 2.37. The van der Waals surface area contributed by atoms with Crippen LogP contribution in [0.25, 0.3) is 0 Å². The Morgan fingerprint density at radius 1 is 1.39 bits per heavy atom. The van der Waals surface area contributed by atoms with Crippen LogP contribution in [0.1, 0.15) is 25.3 Å². The Labute approximate surface area is 117 Å². The predicted molar refractivity (Wildman–Crippen MR) is 76.3 cm³/mol. The number of rotatable bonds is 7. The first-order valence-corrected chi connectivity index (χ1v) is 6.99. The number of carbonyl (C=O) groups excluding carboxylic acids is 1. The Bertz CT molecular complexity index is 382. The van der Waals surface area contributed by atoms with Crippen molar-refractivity contribution in [1.29, 1.82) is 0 Å². The highest BCUT2D eigenvalue weighted by Crippen LogP contribution is 2.17. The predicted octanol–water partition coefficient (Wildman–Crippen LogP) is 3.22. The fourth-order valence-corrected chi connectivity index (χ4v) is 2.04. The molecule has 1 aromatic rings. The van der Waals surface area contributed by atoms with Gasteiger partial charge in [0.05, 0.1) is 0 Å². The van der Waals surface area contributed by atoms with Gasteiger partial charge in [0.1, 0.15) is 0 Å². The van der Waals surface area contributed by atoms with Gasteiger partial charge in [0.15, 0.2) is 0 Å². The normalized spacial score (nSPS) is 10.4. The van der Waals surface area contributed by atoms with Crippen molar-refractivity contribution in [3.05, 3.63) is 34.3 Å². The van der Waals surface area contributed by atoms with Gasteiger partial charge in [-0.3, -0.25) is 4.79 Å². The highest BCUT2D eigenvalue weighted by molar-refractivity contribution is 9.10. The third-order valence-corrected chi connectivity index (χ3v) is 3.45. The van der Waals surface area contributed by atoms with Crippen LogP contribution in [-0.2, 0) is 16.1 Å². The Morgan fingerprint density at radius 2 is 2.11 bits per heavy atom. The highest BCUT2D eigenvalue weighted by Gasteiger charge is 2.10. The van der Waals surface area contributed by atoms with Crippen LogP contribution in [0.2, 0.25) is 0 Å². The van der Waals surface area contributed by atoms with Gasteiger partial charge in [-0.25, -0.2) is 0 Å². The molecule has 0 unspecified atom stereocenters. The molecular formula is C14H20BrNO2. The number of hydrogen-bond donors (Lipinski definition) is 0. The van der Waals surface area contributed by atoms with E-state index in [4.69, 9.17) is 4.74 Å². The molecule has 0 N–H and O–H groups in total. The molecule has 0 fully saturated rings. The molecule has 0 atom stereocenters. The number of amides is 1. The van der Waals surface area contributed by atoms with E-state index in [1.807, 2.05) is 38.2 Å². The van der Waals surface area contributed by atoms with E-state index in [0.29, 0.717) is 26.2 Å². The second-order valence-corrected chi connectivity index (χ2v) is 5.00. The quantitative estimate of drug-likeness (QED) is 0.723. The smallest absolute Gasteiger partial charge is 0.222 e. The van der Waals surface area contributed by atoms with E-state index in [2.05, 4.69) is 15.9 Å². The zero-order chi connectivity index (χ0) is 13.4. The molecule has 0 heterocycles. The van der Waals surface area contributed by atoms with Gasteiger partial charge >= 0.3 is 0 Å². The molecule has 0 spiro atoms. The largest absolute Gasteiger partial charge is 0.382 e. The maximum atomic E-state index is 11.9. The fraction of sp³-hybridized carbons (Fsp3) is 0.500. The summed E-state index contributed by atoms with van der Waals surface area (Å²) in [5, 5.41) is 0. The van der Waals surface area contributed by atoms with E-state index in [1.165, 1.54) is 0 Å². The topological polar surface area (TPSA) is 29.5 Å². The molecule has 0 saturated carbocycles. The number of halogens is 1. The van der Waals surface area contributed by atoms with Crippen molar-refractivity contribution in [3.63, 3.8) is 0 Å². The van der Waals surface area contributed by atoms with Crippen LogP contribution in [-0.4, -0.2) is 31.1 Å². The van der Waals surface area contributed by atoms with Crippen LogP contribution in [0, 0.1) is 0 Å². The van der Waals surface area contributed by atoms with E-state index in [0.717, 1.165) is 16.5 Å². The third kappa shape index (κ3) is 5.19. The highest BCUT2D eigenvalue weighted by atomic mass is 79.9. The zero-order valence-electron chi connectivity index (χ0n) is 11.0. The summed E-state index contributed by atoms with van der Waals surface area (Å²) in [5.74, 6) is 0.158. The van der Waals surface area contributed by atoms with Crippen LogP contribution in [0.5, 0.6) is 0 Å². The first kappa shape index (κ1) is 15.2. The Hall–Kier alpha value is -0.870. The third-order valence-electron chi connectivity index (χ3n) is 2.67. The van der Waals surface area contributed by atoms with Gasteiger partial charge in [-0.05, 0) is 25.0 Å². The van der Waals surface area contributed by atoms with Gasteiger partial charge in [0, 0.05) is 37.7 Å². The maximum absolute atomic E-state index is 11.9. The number of ether oxygens (including phenoxy) is 1. The van der Waals surface area contributed by atoms with Crippen LogP contribution >= 0.6 is 15.9 Å². The summed E-state index contributed by atoms with van der Waals surface area (Å²) in [6.07, 6.45) is 1.33. The Balaban J connectivity index is 2.38. The summed E-state index contributed by atoms with van der Waals surface area (Å²) in [6, 6.07) is 7.96. The summed E-state index contributed by atoms with van der Waals surface area (Å²) in [5.41, 5.74) is 1.12. The summed E-state index contributed by atoms with van der Waals surface area (Å²) < 4.78 is 6.26. The molecule has 4 heteroatoms. The lowest BCUT2D eigenvalue weighted by molar-refractivity contribution is -0.130. The minimum Gasteiger partial charge on any atom is -0.382 e. The molecule has 0 bridgehead atoms. The minimum absolute atomic E-state index is 0.158. The number of benzene rings is 1. The fourth-order valence-electron chi connectivity index (χ4n) is 1.63. The number of carbonyl (C=O) groups is 1. The van der Waals surface area contributed by atoms with E-state index in [1.54, 1.807) is 4.90 Å². The van der Waals surface area contributed by atoms with Gasteiger partial charge in [-0.2, -0.15) is 0 Å². The molecule has 0 aliphatic carbocycles. The lowest BCUT2D eigenvalue weighted by atomic mass is 10.2. The molecule has 3 nitrogen and oxygen atoms in total. The van der Waals surface area contributed by atoms with Crippen molar-refractivity contribution in [2.75, 3.05) is 20.3 Å². The molecule has 100 valence electrons. The van der Waals surface area contributed by atoms with Crippen molar-refractivity contribution < 1.29 is 9.53 Å². The van der Waals surface area contributed by atoms with Crippen molar-refractivity contribution in [3.8, 4) is 0 Å². The van der Waals surface area contributed by atoms with Crippen molar-refractivity contribution in [2.24, 2.45) is 0 Å². The number of nitrogens with zero attached hydrogens (tertiary/aromatic N) is 1. The summed E-state index contributed by atoms with van der Waals surface area (Å²) in [7, 11) is 1.84. The van der Waals surface area contributed by atoms with Crippen molar-refractivity contribution >= 4 is 21.8 Å². The lowest BCUT2D eigenvalue weighted by Gasteiger charge is -2.18. The molecule has 0 aromatic heterocycles. The van der Waals surface area contributed by atoms with Gasteiger partial charge in [-0.15, -0.1) is 0 Å². The second kappa shape index (κ2) is 8.27. The van der Waals surface area contributed by atoms with Gasteiger partial charge in [-0.1, -0.05) is 34.1 Å². The zero-order valence-corrected chi connectivity index (χ0v) is 12.6. The number of hydrogen-bond acceptors (Lipinski definition) is 2. The van der Waals surface area contributed by atoms with Crippen molar-refractivity contribution in [2.45, 2.75) is 26.3 Å².